The first-order valence-corrected chi connectivity index (χ1v) is 8.53. The van der Waals surface area contributed by atoms with E-state index in [2.05, 4.69) is 5.32 Å². The molecule has 2 heterocycles. The van der Waals surface area contributed by atoms with Crippen molar-refractivity contribution in [1.29, 1.82) is 0 Å². The number of anilines is 1. The molecule has 0 radical (unpaired) electrons. The molecule has 0 saturated carbocycles. The van der Waals surface area contributed by atoms with Crippen LogP contribution in [0.15, 0.2) is 29.6 Å². The van der Waals surface area contributed by atoms with Gasteiger partial charge in [0.25, 0.3) is 0 Å². The predicted molar refractivity (Wildman–Crippen MR) is 93.1 cm³/mol. The number of hydrogen-bond acceptors (Lipinski definition) is 4. The number of hydrogen-bond donors (Lipinski definition) is 2. The number of ether oxygens (including phenoxy) is 1. The molecular formula is C17H18N2O4S. The Morgan fingerprint density at radius 2 is 1.88 bits per heavy atom. The lowest BCUT2D eigenvalue weighted by Crippen LogP contribution is -2.32. The maximum Gasteiger partial charge on any atom is 0.348 e. The molecule has 1 aliphatic rings. The van der Waals surface area contributed by atoms with Gasteiger partial charge in [0.15, 0.2) is 0 Å². The molecule has 1 aromatic carbocycles. The second kappa shape index (κ2) is 6.92. The van der Waals surface area contributed by atoms with Crippen molar-refractivity contribution >= 4 is 29.0 Å². The topological polar surface area (TPSA) is 78.9 Å². The molecule has 1 aromatic heterocycles. The minimum atomic E-state index is -1.04. The number of carbonyl (C=O) groups excluding carboxylic acids is 1. The van der Waals surface area contributed by atoms with Crippen molar-refractivity contribution in [3.8, 4) is 16.9 Å². The van der Waals surface area contributed by atoms with Crippen LogP contribution in [0.1, 0.15) is 22.5 Å². The number of rotatable bonds is 4. The van der Waals surface area contributed by atoms with Crippen LogP contribution in [-0.2, 0) is 0 Å². The van der Waals surface area contributed by atoms with Crippen LogP contribution in [0.2, 0.25) is 0 Å². The van der Waals surface area contributed by atoms with Gasteiger partial charge in [-0.2, -0.15) is 0 Å². The molecule has 6 nitrogen and oxygen atoms in total. The summed E-state index contributed by atoms with van der Waals surface area (Å²) in [4.78, 5) is 25.7. The van der Waals surface area contributed by atoms with Crippen LogP contribution < -0.4 is 10.1 Å². The van der Waals surface area contributed by atoms with Crippen molar-refractivity contribution in [2.45, 2.75) is 12.8 Å². The third-order valence-electron chi connectivity index (χ3n) is 4.01. The fourth-order valence-corrected chi connectivity index (χ4v) is 3.60. The first-order valence-electron chi connectivity index (χ1n) is 7.65. The van der Waals surface area contributed by atoms with Crippen LogP contribution in [0.4, 0.5) is 10.5 Å². The lowest BCUT2D eigenvalue weighted by molar-refractivity contribution is 0.0703. The molecule has 24 heavy (non-hydrogen) atoms. The number of likely N-dealkylation sites (tertiary alicyclic amines) is 1. The van der Waals surface area contributed by atoms with Crippen molar-refractivity contribution in [2.24, 2.45) is 0 Å². The summed E-state index contributed by atoms with van der Waals surface area (Å²) in [5, 5.41) is 14.0. The molecule has 0 aliphatic carbocycles. The van der Waals surface area contributed by atoms with E-state index in [1.54, 1.807) is 29.5 Å². The summed E-state index contributed by atoms with van der Waals surface area (Å²) in [7, 11) is 1.59. The zero-order valence-electron chi connectivity index (χ0n) is 13.2. The van der Waals surface area contributed by atoms with E-state index in [-0.39, 0.29) is 10.9 Å². The average molecular weight is 346 g/mol. The second-order valence-corrected chi connectivity index (χ2v) is 6.39. The molecule has 126 valence electrons. The molecule has 2 aromatic rings. The Hall–Kier alpha value is -2.54. The number of amides is 2. The number of carbonyl (C=O) groups is 2. The number of carboxylic acids is 1. The molecule has 0 spiro atoms. The van der Waals surface area contributed by atoms with E-state index in [1.807, 2.05) is 12.1 Å². The average Bonchev–Trinajstić information content (AvgIpc) is 3.24. The van der Waals surface area contributed by atoms with Gasteiger partial charge in [-0.1, -0.05) is 12.1 Å². The van der Waals surface area contributed by atoms with Gasteiger partial charge in [-0.3, -0.25) is 0 Å². The van der Waals surface area contributed by atoms with E-state index in [4.69, 9.17) is 4.74 Å². The van der Waals surface area contributed by atoms with Gasteiger partial charge in [-0.25, -0.2) is 9.59 Å². The summed E-state index contributed by atoms with van der Waals surface area (Å²) >= 11 is 1.11. The molecule has 0 bridgehead atoms. The van der Waals surface area contributed by atoms with Crippen molar-refractivity contribution in [2.75, 3.05) is 25.5 Å². The maximum atomic E-state index is 12.4. The van der Waals surface area contributed by atoms with Gasteiger partial charge in [0.2, 0.25) is 0 Å². The number of nitrogens with one attached hydrogen (secondary N) is 1. The van der Waals surface area contributed by atoms with Crippen LogP contribution in [-0.4, -0.2) is 42.2 Å². The van der Waals surface area contributed by atoms with Crippen LogP contribution in [0.5, 0.6) is 5.75 Å². The smallest absolute Gasteiger partial charge is 0.348 e. The Kier molecular flexibility index (Phi) is 4.71. The zero-order valence-corrected chi connectivity index (χ0v) is 14.1. The largest absolute Gasteiger partial charge is 0.497 e. The highest BCUT2D eigenvalue weighted by Crippen LogP contribution is 2.37. The minimum absolute atomic E-state index is 0.133. The van der Waals surface area contributed by atoms with E-state index >= 15 is 0 Å². The summed E-state index contributed by atoms with van der Waals surface area (Å²) < 4.78 is 5.14. The van der Waals surface area contributed by atoms with E-state index in [0.29, 0.717) is 24.3 Å². The molecule has 7 heteroatoms. The van der Waals surface area contributed by atoms with Gasteiger partial charge in [0, 0.05) is 24.0 Å². The Morgan fingerprint density at radius 3 is 2.46 bits per heavy atom. The molecule has 1 fully saturated rings. The monoisotopic (exact) mass is 346 g/mol. The van der Waals surface area contributed by atoms with Crippen molar-refractivity contribution in [3.05, 3.63) is 34.5 Å². The number of thiophene rings is 1. The van der Waals surface area contributed by atoms with Crippen LogP contribution in [0, 0.1) is 0 Å². The highest BCUT2D eigenvalue weighted by Gasteiger charge is 2.24. The fraction of sp³-hybridized carbons (Fsp3) is 0.294. The number of methoxy groups -OCH3 is 1. The van der Waals surface area contributed by atoms with E-state index in [1.165, 1.54) is 0 Å². The summed E-state index contributed by atoms with van der Waals surface area (Å²) in [5.74, 6) is -0.327. The molecule has 2 N–H and O–H groups in total. The van der Waals surface area contributed by atoms with Crippen LogP contribution in [0.3, 0.4) is 0 Å². The number of nitrogens with zero attached hydrogens (tertiary/aromatic N) is 1. The first-order chi connectivity index (χ1) is 11.6. The summed E-state index contributed by atoms with van der Waals surface area (Å²) in [6, 6.07) is 7.05. The second-order valence-electron chi connectivity index (χ2n) is 5.51. The van der Waals surface area contributed by atoms with Crippen molar-refractivity contribution in [1.82, 2.24) is 4.90 Å². The normalized spacial score (nSPS) is 13.8. The maximum absolute atomic E-state index is 12.4. The zero-order chi connectivity index (χ0) is 17.1. The van der Waals surface area contributed by atoms with Gasteiger partial charge in [0.05, 0.1) is 12.8 Å². The van der Waals surface area contributed by atoms with Gasteiger partial charge in [-0.15, -0.1) is 11.3 Å². The molecule has 1 saturated heterocycles. The SMILES string of the molecule is COc1ccc(-c2csc(C(=O)O)c2NC(=O)N2CCCC2)cc1. The molecule has 2 amide bonds. The highest BCUT2D eigenvalue weighted by atomic mass is 32.1. The number of aromatic carboxylic acids is 1. The Morgan fingerprint density at radius 1 is 1.21 bits per heavy atom. The van der Waals surface area contributed by atoms with Gasteiger partial charge < -0.3 is 20.1 Å². The molecule has 3 rings (SSSR count). The third-order valence-corrected chi connectivity index (χ3v) is 4.98. The van der Waals surface area contributed by atoms with E-state index in [9.17, 15) is 14.7 Å². The molecule has 0 unspecified atom stereocenters. The van der Waals surface area contributed by atoms with Crippen molar-refractivity contribution < 1.29 is 19.4 Å². The number of carboxylic acid groups (broad SMARTS) is 1. The molecule has 0 atom stereocenters. The lowest BCUT2D eigenvalue weighted by Gasteiger charge is -2.17. The van der Waals surface area contributed by atoms with Gasteiger partial charge in [-0.05, 0) is 30.5 Å². The third kappa shape index (κ3) is 3.21. The lowest BCUT2D eigenvalue weighted by atomic mass is 10.1. The summed E-state index contributed by atoms with van der Waals surface area (Å²) in [5.41, 5.74) is 1.89. The first kappa shape index (κ1) is 16.3. The fourth-order valence-electron chi connectivity index (χ4n) is 2.73. The summed E-state index contributed by atoms with van der Waals surface area (Å²) in [6.07, 6.45) is 1.96. The predicted octanol–water partition coefficient (Wildman–Crippen LogP) is 3.75. The quantitative estimate of drug-likeness (QED) is 0.884. The molecular weight excluding hydrogens is 328 g/mol. The van der Waals surface area contributed by atoms with E-state index < -0.39 is 5.97 Å². The van der Waals surface area contributed by atoms with Gasteiger partial charge in [0.1, 0.15) is 10.6 Å². The van der Waals surface area contributed by atoms with E-state index in [0.717, 1.165) is 35.5 Å². The number of urea groups is 1. The van der Waals surface area contributed by atoms with Crippen molar-refractivity contribution in [3.63, 3.8) is 0 Å². The van der Waals surface area contributed by atoms with Crippen LogP contribution in [0.25, 0.3) is 11.1 Å². The highest BCUT2D eigenvalue weighted by molar-refractivity contribution is 7.13. The Balaban J connectivity index is 1.93. The Bertz CT molecular complexity index is 748. The van der Waals surface area contributed by atoms with Gasteiger partial charge >= 0.3 is 12.0 Å². The number of benzene rings is 1. The Labute approximate surface area is 143 Å². The molecule has 1 aliphatic heterocycles. The van der Waals surface area contributed by atoms with Crippen LogP contribution >= 0.6 is 11.3 Å². The summed E-state index contributed by atoms with van der Waals surface area (Å²) in [6.45, 7) is 1.41. The standard InChI is InChI=1S/C17H18N2O4S/c1-23-12-6-4-11(5-7-12)13-10-24-15(16(20)21)14(13)18-17(22)19-8-2-3-9-19/h4-7,10H,2-3,8-9H2,1H3,(H,18,22)(H,20,21). The minimum Gasteiger partial charge on any atom is -0.497 e.